The van der Waals surface area contributed by atoms with Gasteiger partial charge < -0.3 is 5.32 Å². The normalized spacial score (nSPS) is 12.7. The summed E-state index contributed by atoms with van der Waals surface area (Å²) >= 11 is 1.30. The smallest absolute Gasteiger partial charge is 0.262 e. The van der Waals surface area contributed by atoms with Crippen LogP contribution in [0.15, 0.2) is 64.5 Å². The van der Waals surface area contributed by atoms with Gasteiger partial charge in [0.2, 0.25) is 5.91 Å². The van der Waals surface area contributed by atoms with Gasteiger partial charge in [-0.3, -0.25) is 14.2 Å². The number of para-hydroxylation sites is 1. The first-order valence-corrected chi connectivity index (χ1v) is 10.8. The Labute approximate surface area is 175 Å². The minimum Gasteiger partial charge on any atom is -0.351 e. The number of amides is 1. The first-order chi connectivity index (χ1) is 13.8. The lowest BCUT2D eigenvalue weighted by Crippen LogP contribution is -2.43. The maximum Gasteiger partial charge on any atom is 0.262 e. The molecule has 6 heteroatoms. The van der Waals surface area contributed by atoms with Crippen LogP contribution in [0.2, 0.25) is 0 Å². The Hall–Kier alpha value is -2.60. The third-order valence-corrected chi connectivity index (χ3v) is 6.09. The Morgan fingerprint density at radius 2 is 1.79 bits per heavy atom. The standard InChI is InChI=1S/C23H27N3O2S/c1-5-23(3,4)25-20(27)15-29-22-24-19-14-10-9-13-18(19)21(28)26(22)16(2)17-11-7-6-8-12-17/h6-14,16H,5,15H2,1-4H3,(H,25,27)/t16-/m0/s1. The Balaban J connectivity index is 1.99. The molecule has 5 nitrogen and oxygen atoms in total. The monoisotopic (exact) mass is 409 g/mol. The highest BCUT2D eigenvalue weighted by Crippen LogP contribution is 2.25. The van der Waals surface area contributed by atoms with Crippen LogP contribution in [0.25, 0.3) is 10.9 Å². The lowest BCUT2D eigenvalue weighted by Gasteiger charge is -2.24. The molecule has 0 aliphatic carbocycles. The number of rotatable bonds is 7. The summed E-state index contributed by atoms with van der Waals surface area (Å²) in [6.07, 6.45) is 0.841. The molecule has 1 amide bonds. The highest BCUT2D eigenvalue weighted by molar-refractivity contribution is 7.99. The SMILES string of the molecule is CCC(C)(C)NC(=O)CSc1nc2ccccc2c(=O)n1[C@@H](C)c1ccccc1. The summed E-state index contributed by atoms with van der Waals surface area (Å²) in [4.78, 5) is 30.5. The van der Waals surface area contributed by atoms with E-state index in [0.29, 0.717) is 16.1 Å². The number of nitrogens with one attached hydrogen (secondary N) is 1. The molecule has 3 rings (SSSR count). The van der Waals surface area contributed by atoms with Gasteiger partial charge in [0, 0.05) is 5.54 Å². The number of carbonyl (C=O) groups is 1. The predicted octanol–water partition coefficient (Wildman–Crippen LogP) is 4.40. The number of fused-ring (bicyclic) bond motifs is 1. The molecule has 0 spiro atoms. The highest BCUT2D eigenvalue weighted by atomic mass is 32.2. The van der Waals surface area contributed by atoms with E-state index in [1.807, 2.05) is 76.2 Å². The average Bonchev–Trinajstić information content (AvgIpc) is 2.72. The topological polar surface area (TPSA) is 64.0 Å². The van der Waals surface area contributed by atoms with Crippen molar-refractivity contribution in [1.29, 1.82) is 0 Å². The van der Waals surface area contributed by atoms with Gasteiger partial charge in [-0.2, -0.15) is 0 Å². The van der Waals surface area contributed by atoms with E-state index < -0.39 is 0 Å². The highest BCUT2D eigenvalue weighted by Gasteiger charge is 2.21. The van der Waals surface area contributed by atoms with E-state index in [2.05, 4.69) is 5.32 Å². The van der Waals surface area contributed by atoms with Gasteiger partial charge in [-0.1, -0.05) is 61.2 Å². The maximum atomic E-state index is 13.3. The molecule has 1 aromatic heterocycles. The molecule has 1 N–H and O–H groups in total. The zero-order valence-corrected chi connectivity index (χ0v) is 18.1. The zero-order valence-electron chi connectivity index (χ0n) is 17.3. The third-order valence-electron chi connectivity index (χ3n) is 5.14. The fourth-order valence-electron chi connectivity index (χ4n) is 3.08. The molecular formula is C23H27N3O2S. The van der Waals surface area contributed by atoms with E-state index in [0.717, 1.165) is 12.0 Å². The Kier molecular flexibility index (Phi) is 6.42. The van der Waals surface area contributed by atoms with Crippen molar-refractivity contribution < 1.29 is 4.79 Å². The molecule has 0 aliphatic rings. The number of hydrogen-bond acceptors (Lipinski definition) is 4. The molecule has 0 unspecified atom stereocenters. The van der Waals surface area contributed by atoms with E-state index in [-0.39, 0.29) is 28.8 Å². The number of hydrogen-bond donors (Lipinski definition) is 1. The molecule has 0 bridgehead atoms. The van der Waals surface area contributed by atoms with Crippen LogP contribution in [0, 0.1) is 0 Å². The average molecular weight is 410 g/mol. The first-order valence-electron chi connectivity index (χ1n) is 9.82. The fourth-order valence-corrected chi connectivity index (χ4v) is 3.96. The molecule has 152 valence electrons. The lowest BCUT2D eigenvalue weighted by molar-refractivity contribution is -0.120. The van der Waals surface area contributed by atoms with Gasteiger partial charge in [0.15, 0.2) is 5.16 Å². The second kappa shape index (κ2) is 8.82. The van der Waals surface area contributed by atoms with E-state index in [9.17, 15) is 9.59 Å². The van der Waals surface area contributed by atoms with Crippen molar-refractivity contribution in [2.24, 2.45) is 0 Å². The van der Waals surface area contributed by atoms with E-state index >= 15 is 0 Å². The van der Waals surface area contributed by atoms with Crippen LogP contribution in [0.3, 0.4) is 0 Å². The largest absolute Gasteiger partial charge is 0.351 e. The summed E-state index contributed by atoms with van der Waals surface area (Å²) < 4.78 is 1.70. The summed E-state index contributed by atoms with van der Waals surface area (Å²) in [5, 5.41) is 4.16. The Morgan fingerprint density at radius 3 is 2.48 bits per heavy atom. The number of nitrogens with zero attached hydrogens (tertiary/aromatic N) is 2. The number of benzene rings is 2. The quantitative estimate of drug-likeness (QED) is 0.464. The second-order valence-electron chi connectivity index (χ2n) is 7.75. The zero-order chi connectivity index (χ0) is 21.0. The summed E-state index contributed by atoms with van der Waals surface area (Å²) in [6, 6.07) is 17.0. The predicted molar refractivity (Wildman–Crippen MR) is 119 cm³/mol. The molecule has 0 radical (unpaired) electrons. The van der Waals surface area contributed by atoms with Crippen molar-refractivity contribution in [2.75, 3.05) is 5.75 Å². The molecule has 0 fully saturated rings. The fraction of sp³-hybridized carbons (Fsp3) is 0.348. The van der Waals surface area contributed by atoms with Gasteiger partial charge >= 0.3 is 0 Å². The second-order valence-corrected chi connectivity index (χ2v) is 8.69. The first kappa shape index (κ1) is 21.1. The van der Waals surface area contributed by atoms with Gasteiger partial charge in [0.1, 0.15) is 0 Å². The van der Waals surface area contributed by atoms with Crippen LogP contribution in [0.1, 0.15) is 45.7 Å². The van der Waals surface area contributed by atoms with E-state index in [1.54, 1.807) is 10.6 Å². The molecule has 2 aromatic carbocycles. The summed E-state index contributed by atoms with van der Waals surface area (Å²) in [5.74, 6) is 0.138. The molecule has 1 atom stereocenters. The number of carbonyl (C=O) groups excluding carboxylic acids is 1. The van der Waals surface area contributed by atoms with Crippen LogP contribution >= 0.6 is 11.8 Å². The Morgan fingerprint density at radius 1 is 1.14 bits per heavy atom. The van der Waals surface area contributed by atoms with Crippen LogP contribution in [-0.4, -0.2) is 26.8 Å². The van der Waals surface area contributed by atoms with Crippen LogP contribution in [0.4, 0.5) is 0 Å². The molecular weight excluding hydrogens is 382 g/mol. The van der Waals surface area contributed by atoms with Crippen molar-refractivity contribution in [2.45, 2.75) is 50.9 Å². The van der Waals surface area contributed by atoms with E-state index in [1.165, 1.54) is 11.8 Å². The van der Waals surface area contributed by atoms with Crippen LogP contribution < -0.4 is 10.9 Å². The van der Waals surface area contributed by atoms with Crippen LogP contribution in [-0.2, 0) is 4.79 Å². The minimum atomic E-state index is -0.258. The third kappa shape index (κ3) is 4.88. The van der Waals surface area contributed by atoms with E-state index in [4.69, 9.17) is 4.98 Å². The number of thioether (sulfide) groups is 1. The van der Waals surface area contributed by atoms with Gasteiger partial charge in [-0.15, -0.1) is 0 Å². The van der Waals surface area contributed by atoms with Crippen LogP contribution in [0.5, 0.6) is 0 Å². The molecule has 3 aromatic rings. The van der Waals surface area contributed by atoms with Crippen molar-refractivity contribution in [3.63, 3.8) is 0 Å². The van der Waals surface area contributed by atoms with Gasteiger partial charge in [0.05, 0.1) is 22.7 Å². The van der Waals surface area contributed by atoms with Gasteiger partial charge in [-0.05, 0) is 44.9 Å². The summed E-state index contributed by atoms with van der Waals surface area (Å²) in [7, 11) is 0. The van der Waals surface area contributed by atoms with Crippen molar-refractivity contribution in [3.8, 4) is 0 Å². The summed E-state index contributed by atoms with van der Waals surface area (Å²) in [5.41, 5.74) is 1.31. The Bertz CT molecular complexity index is 1060. The van der Waals surface area contributed by atoms with Gasteiger partial charge in [-0.25, -0.2) is 4.98 Å². The van der Waals surface area contributed by atoms with Gasteiger partial charge in [0.25, 0.3) is 5.56 Å². The molecule has 0 saturated heterocycles. The minimum absolute atomic E-state index is 0.0665. The number of aromatic nitrogens is 2. The molecule has 0 aliphatic heterocycles. The lowest BCUT2D eigenvalue weighted by atomic mass is 10.0. The molecule has 0 saturated carbocycles. The molecule has 1 heterocycles. The van der Waals surface area contributed by atoms with Crippen molar-refractivity contribution >= 4 is 28.6 Å². The maximum absolute atomic E-state index is 13.3. The molecule has 29 heavy (non-hydrogen) atoms. The van der Waals surface area contributed by atoms with Crippen molar-refractivity contribution in [1.82, 2.24) is 14.9 Å². The van der Waals surface area contributed by atoms with Crippen molar-refractivity contribution in [3.05, 3.63) is 70.5 Å². The summed E-state index contributed by atoms with van der Waals surface area (Å²) in [6.45, 7) is 8.02.